The lowest BCUT2D eigenvalue weighted by atomic mass is 10.5. The van der Waals surface area contributed by atoms with E-state index in [-0.39, 0.29) is 0 Å². The second-order valence-corrected chi connectivity index (χ2v) is 2.19. The molecule has 1 aliphatic rings. The van der Waals surface area contributed by atoms with E-state index in [0.29, 0.717) is 4.65 Å². The average molecular weight is 127 g/mol. The third kappa shape index (κ3) is 1.37. The van der Waals surface area contributed by atoms with Crippen LogP contribution in [0.25, 0.3) is 0 Å². The Morgan fingerprint density at radius 1 is 1.67 bits per heavy atom. The molecule has 3 nitrogen and oxygen atoms in total. The smallest absolute Gasteiger partial charge is 0.209 e. The van der Waals surface area contributed by atoms with Gasteiger partial charge in [-0.2, -0.15) is 4.84 Å². The van der Waals surface area contributed by atoms with E-state index in [9.17, 15) is 0 Å². The van der Waals surface area contributed by atoms with Crippen molar-refractivity contribution in [1.82, 2.24) is 0 Å². The van der Waals surface area contributed by atoms with Crippen molar-refractivity contribution in [2.75, 3.05) is 20.7 Å². The summed E-state index contributed by atoms with van der Waals surface area (Å²) in [6.07, 6.45) is 5.52. The molecule has 0 fully saturated rings. The highest BCUT2D eigenvalue weighted by atomic mass is 16.7. The molecule has 0 amide bonds. The quantitative estimate of drug-likeness (QED) is 0.471. The highest BCUT2D eigenvalue weighted by Gasteiger charge is 2.18. The van der Waals surface area contributed by atoms with Gasteiger partial charge in [0.2, 0.25) is 6.34 Å². The number of hydroxylamine groups is 3. The summed E-state index contributed by atoms with van der Waals surface area (Å²) in [4.78, 5) is 9.06. The summed E-state index contributed by atoms with van der Waals surface area (Å²) >= 11 is 0. The number of likely N-dealkylation sites (N-methyl/N-ethyl adjacent to an activating group) is 1. The minimum Gasteiger partial charge on any atom is -0.209 e. The van der Waals surface area contributed by atoms with Gasteiger partial charge in [-0.25, -0.2) is 4.99 Å². The Hall–Kier alpha value is -0.670. The Kier molecular flexibility index (Phi) is 1.64. The molecular weight excluding hydrogens is 116 g/mol. The van der Waals surface area contributed by atoms with Crippen LogP contribution in [0, 0.1) is 0 Å². The van der Waals surface area contributed by atoms with E-state index in [0.717, 1.165) is 6.54 Å². The zero-order chi connectivity index (χ0) is 6.74. The Bertz CT molecular complexity index is 153. The maximum absolute atomic E-state index is 5.12. The molecule has 0 aromatic rings. The molecule has 0 spiro atoms. The van der Waals surface area contributed by atoms with E-state index in [1.807, 2.05) is 13.1 Å². The van der Waals surface area contributed by atoms with Crippen LogP contribution in [0.5, 0.6) is 0 Å². The first-order valence-electron chi connectivity index (χ1n) is 2.87. The molecule has 0 aliphatic carbocycles. The summed E-state index contributed by atoms with van der Waals surface area (Å²) in [6, 6.07) is 0. The SMILES string of the molecule is CO[N+]1(C)C=NC=CC1. The molecule has 1 aliphatic heterocycles. The molecule has 1 heterocycles. The van der Waals surface area contributed by atoms with Gasteiger partial charge in [0.15, 0.2) is 0 Å². The van der Waals surface area contributed by atoms with Gasteiger partial charge >= 0.3 is 0 Å². The monoisotopic (exact) mass is 127 g/mol. The third-order valence-electron chi connectivity index (χ3n) is 1.39. The van der Waals surface area contributed by atoms with E-state index in [1.165, 1.54) is 0 Å². The van der Waals surface area contributed by atoms with E-state index in [2.05, 4.69) is 4.99 Å². The normalized spacial score (nSPS) is 33.1. The van der Waals surface area contributed by atoms with Crippen LogP contribution < -0.4 is 0 Å². The Morgan fingerprint density at radius 2 is 2.44 bits per heavy atom. The Balaban J connectivity index is 2.63. The highest BCUT2D eigenvalue weighted by Crippen LogP contribution is 2.02. The molecule has 0 aromatic heterocycles. The van der Waals surface area contributed by atoms with Crippen molar-refractivity contribution >= 4 is 6.34 Å². The van der Waals surface area contributed by atoms with Gasteiger partial charge in [-0.1, -0.05) is 0 Å². The van der Waals surface area contributed by atoms with Crippen molar-refractivity contribution < 1.29 is 9.48 Å². The maximum Gasteiger partial charge on any atom is 0.222 e. The number of rotatable bonds is 1. The summed E-state index contributed by atoms with van der Waals surface area (Å²) in [5.41, 5.74) is 0. The van der Waals surface area contributed by atoms with E-state index >= 15 is 0 Å². The van der Waals surface area contributed by atoms with Crippen LogP contribution in [0.3, 0.4) is 0 Å². The molecule has 0 saturated carbocycles. The van der Waals surface area contributed by atoms with E-state index in [1.54, 1.807) is 19.6 Å². The molecule has 9 heavy (non-hydrogen) atoms. The zero-order valence-corrected chi connectivity index (χ0v) is 5.74. The van der Waals surface area contributed by atoms with E-state index in [4.69, 9.17) is 4.84 Å². The number of hydrogen-bond acceptors (Lipinski definition) is 2. The number of nitrogens with zero attached hydrogens (tertiary/aromatic N) is 2. The van der Waals surface area contributed by atoms with Gasteiger partial charge in [0.05, 0.1) is 7.11 Å². The fourth-order valence-electron chi connectivity index (χ4n) is 0.666. The Labute approximate surface area is 54.8 Å². The first kappa shape index (κ1) is 6.45. The van der Waals surface area contributed by atoms with Crippen molar-refractivity contribution in [3.05, 3.63) is 12.3 Å². The van der Waals surface area contributed by atoms with Crippen LogP contribution in [-0.4, -0.2) is 31.7 Å². The van der Waals surface area contributed by atoms with Crippen molar-refractivity contribution in [2.45, 2.75) is 0 Å². The molecule has 0 radical (unpaired) electrons. The van der Waals surface area contributed by atoms with Crippen molar-refractivity contribution in [3.63, 3.8) is 0 Å². The van der Waals surface area contributed by atoms with Crippen LogP contribution in [0.1, 0.15) is 0 Å². The lowest BCUT2D eigenvalue weighted by Gasteiger charge is -2.23. The maximum atomic E-state index is 5.12. The van der Waals surface area contributed by atoms with E-state index < -0.39 is 0 Å². The summed E-state index contributed by atoms with van der Waals surface area (Å²) in [5.74, 6) is 0. The van der Waals surface area contributed by atoms with Crippen molar-refractivity contribution in [1.29, 1.82) is 0 Å². The molecule has 0 aromatic carbocycles. The van der Waals surface area contributed by atoms with Crippen LogP contribution in [0.4, 0.5) is 0 Å². The lowest BCUT2D eigenvalue weighted by molar-refractivity contribution is -1.01. The van der Waals surface area contributed by atoms with Gasteiger partial charge in [-0.15, -0.1) is 4.65 Å². The summed E-state index contributed by atoms with van der Waals surface area (Å²) in [7, 11) is 3.62. The largest absolute Gasteiger partial charge is 0.222 e. The molecule has 0 bridgehead atoms. The molecule has 0 saturated heterocycles. The van der Waals surface area contributed by atoms with Gasteiger partial charge in [0.1, 0.15) is 13.6 Å². The summed E-state index contributed by atoms with van der Waals surface area (Å²) < 4.78 is 0.441. The minimum atomic E-state index is 0.441. The molecule has 50 valence electrons. The summed E-state index contributed by atoms with van der Waals surface area (Å²) in [6.45, 7) is 0.861. The minimum absolute atomic E-state index is 0.441. The topological polar surface area (TPSA) is 21.6 Å². The van der Waals surface area contributed by atoms with Crippen LogP contribution in [-0.2, 0) is 4.84 Å². The predicted molar refractivity (Wildman–Crippen MR) is 35.7 cm³/mol. The second kappa shape index (κ2) is 2.29. The first-order chi connectivity index (χ1) is 4.27. The predicted octanol–water partition coefficient (Wildman–Crippen LogP) is 0.550. The number of hydrogen-bond donors (Lipinski definition) is 0. The standard InChI is InChI=1S/C6H11N2O/c1-8(9-2)5-3-4-7-6-8/h3-4,6H,5H2,1-2H3/q+1. The van der Waals surface area contributed by atoms with Gasteiger partial charge in [-0.3, -0.25) is 0 Å². The molecule has 3 heteroatoms. The summed E-state index contributed by atoms with van der Waals surface area (Å²) in [5, 5.41) is 0. The molecule has 0 N–H and O–H groups in total. The van der Waals surface area contributed by atoms with Crippen LogP contribution in [0.15, 0.2) is 17.3 Å². The molecule has 1 unspecified atom stereocenters. The van der Waals surface area contributed by atoms with Crippen LogP contribution in [0.2, 0.25) is 0 Å². The first-order valence-corrected chi connectivity index (χ1v) is 2.87. The third-order valence-corrected chi connectivity index (χ3v) is 1.39. The van der Waals surface area contributed by atoms with Gasteiger partial charge in [0, 0.05) is 6.20 Å². The Morgan fingerprint density at radius 3 is 2.78 bits per heavy atom. The van der Waals surface area contributed by atoms with Gasteiger partial charge in [0.25, 0.3) is 0 Å². The van der Waals surface area contributed by atoms with Gasteiger partial charge < -0.3 is 0 Å². The van der Waals surface area contributed by atoms with Gasteiger partial charge in [-0.05, 0) is 6.08 Å². The average Bonchev–Trinajstić information content (AvgIpc) is 1.90. The zero-order valence-electron chi connectivity index (χ0n) is 5.74. The molecular formula is C6H11N2O+. The number of quaternary nitrogens is 1. The molecule has 1 atom stereocenters. The van der Waals surface area contributed by atoms with Crippen molar-refractivity contribution in [3.8, 4) is 0 Å². The highest BCUT2D eigenvalue weighted by molar-refractivity contribution is 5.47. The lowest BCUT2D eigenvalue weighted by Crippen LogP contribution is -2.42. The van der Waals surface area contributed by atoms with Crippen molar-refractivity contribution in [2.24, 2.45) is 4.99 Å². The fourth-order valence-corrected chi connectivity index (χ4v) is 0.666. The molecule has 1 rings (SSSR count). The fraction of sp³-hybridized carbons (Fsp3) is 0.500. The van der Waals surface area contributed by atoms with Crippen LogP contribution >= 0.6 is 0 Å². The number of aliphatic imine (C=N–C) groups is 1. The second-order valence-electron chi connectivity index (χ2n) is 2.19.